The van der Waals surface area contributed by atoms with Gasteiger partial charge in [0.25, 0.3) is 0 Å². The van der Waals surface area contributed by atoms with E-state index in [1.807, 2.05) is 0 Å². The summed E-state index contributed by atoms with van der Waals surface area (Å²) in [5.41, 5.74) is 0.558. The summed E-state index contributed by atoms with van der Waals surface area (Å²) < 4.78 is 57.8. The Hall–Kier alpha value is -2.18. The van der Waals surface area contributed by atoms with Gasteiger partial charge in [-0.2, -0.15) is 0 Å². The molecule has 9 nitrogen and oxygen atoms in total. The summed E-state index contributed by atoms with van der Waals surface area (Å²) in [6.45, 7) is 1.06. The first-order chi connectivity index (χ1) is 16.5. The molecule has 0 aromatic heterocycles. The first kappa shape index (κ1) is 27.4. The van der Waals surface area contributed by atoms with Gasteiger partial charge in [-0.1, -0.05) is 29.8 Å². The van der Waals surface area contributed by atoms with E-state index in [1.54, 1.807) is 36.4 Å². The summed E-state index contributed by atoms with van der Waals surface area (Å²) in [4.78, 5) is 12.7. The van der Waals surface area contributed by atoms with Crippen LogP contribution in [0, 0.1) is 5.92 Å². The minimum Gasteiger partial charge on any atom is -0.492 e. The molecule has 35 heavy (non-hydrogen) atoms. The van der Waals surface area contributed by atoms with Crippen LogP contribution in [0.25, 0.3) is 0 Å². The number of piperidine rings is 1. The standard InChI is InChI=1S/C23H30ClN3O6S2/c1-26(2)35(31,32)21-9-7-20(8-10-21)33-16-13-25-23(28)18-11-14-27(15-12-18)34(29,30)17-19-5-3-4-6-22(19)24/h3-10,18H,11-17H2,1-2H3,(H,25,28). The van der Waals surface area contributed by atoms with Crippen molar-refractivity contribution in [3.63, 3.8) is 0 Å². The molecule has 0 unspecified atom stereocenters. The van der Waals surface area contributed by atoms with Gasteiger partial charge in [0.15, 0.2) is 0 Å². The number of ether oxygens (including phenoxy) is 1. The summed E-state index contributed by atoms with van der Waals surface area (Å²) in [6.07, 6.45) is 0.881. The van der Waals surface area contributed by atoms with Crippen molar-refractivity contribution in [1.29, 1.82) is 0 Å². The number of nitrogens with one attached hydrogen (secondary N) is 1. The highest BCUT2D eigenvalue weighted by molar-refractivity contribution is 7.89. The predicted molar refractivity (Wildman–Crippen MR) is 134 cm³/mol. The Morgan fingerprint density at radius 1 is 1.06 bits per heavy atom. The molecule has 0 radical (unpaired) electrons. The molecule has 1 N–H and O–H groups in total. The molecule has 192 valence electrons. The third kappa shape index (κ3) is 7.17. The maximum absolute atomic E-state index is 12.8. The molecule has 0 bridgehead atoms. The third-order valence-electron chi connectivity index (χ3n) is 5.79. The number of nitrogens with zero attached hydrogens (tertiary/aromatic N) is 2. The first-order valence-corrected chi connectivity index (χ1v) is 14.6. The van der Waals surface area contributed by atoms with E-state index >= 15 is 0 Å². The molecule has 2 aromatic rings. The lowest BCUT2D eigenvalue weighted by Gasteiger charge is -2.30. The topological polar surface area (TPSA) is 113 Å². The van der Waals surface area contributed by atoms with Crippen LogP contribution < -0.4 is 10.1 Å². The molecule has 1 aliphatic heterocycles. The lowest BCUT2D eigenvalue weighted by Crippen LogP contribution is -2.44. The van der Waals surface area contributed by atoms with E-state index in [4.69, 9.17) is 16.3 Å². The Morgan fingerprint density at radius 2 is 1.69 bits per heavy atom. The van der Waals surface area contributed by atoms with Crippen molar-refractivity contribution < 1.29 is 26.4 Å². The Labute approximate surface area is 212 Å². The predicted octanol–water partition coefficient (Wildman–Crippen LogP) is 2.33. The molecule has 0 saturated carbocycles. The first-order valence-electron chi connectivity index (χ1n) is 11.1. The van der Waals surface area contributed by atoms with E-state index in [9.17, 15) is 21.6 Å². The zero-order valence-corrected chi connectivity index (χ0v) is 22.1. The molecule has 1 amide bonds. The number of sulfonamides is 2. The second-order valence-electron chi connectivity index (χ2n) is 8.42. The molecule has 1 saturated heterocycles. The van der Waals surface area contributed by atoms with Gasteiger partial charge in [-0.25, -0.2) is 25.4 Å². The van der Waals surface area contributed by atoms with Crippen molar-refractivity contribution in [3.8, 4) is 5.75 Å². The van der Waals surface area contributed by atoms with Gasteiger partial charge in [0.1, 0.15) is 12.4 Å². The van der Waals surface area contributed by atoms with Crippen LogP contribution in [-0.2, 0) is 30.6 Å². The van der Waals surface area contributed by atoms with Crippen LogP contribution in [0.4, 0.5) is 0 Å². The van der Waals surface area contributed by atoms with Gasteiger partial charge in [0.05, 0.1) is 17.2 Å². The molecule has 0 spiro atoms. The number of carbonyl (C=O) groups excluding carboxylic acids is 1. The Kier molecular flexibility index (Phi) is 9.16. The van der Waals surface area contributed by atoms with Gasteiger partial charge < -0.3 is 10.1 Å². The third-order valence-corrected chi connectivity index (χ3v) is 9.81. The van der Waals surface area contributed by atoms with E-state index in [1.165, 1.54) is 30.5 Å². The largest absolute Gasteiger partial charge is 0.492 e. The number of halogens is 1. The van der Waals surface area contributed by atoms with Crippen molar-refractivity contribution in [1.82, 2.24) is 13.9 Å². The molecule has 2 aromatic carbocycles. The highest BCUT2D eigenvalue weighted by Crippen LogP contribution is 2.24. The van der Waals surface area contributed by atoms with Gasteiger partial charge >= 0.3 is 0 Å². The number of carbonyl (C=O) groups is 1. The van der Waals surface area contributed by atoms with E-state index in [0.29, 0.717) is 29.2 Å². The van der Waals surface area contributed by atoms with Crippen molar-refractivity contribution in [3.05, 3.63) is 59.1 Å². The van der Waals surface area contributed by atoms with Gasteiger partial charge in [-0.15, -0.1) is 0 Å². The minimum atomic E-state index is -3.52. The van der Waals surface area contributed by atoms with Crippen LogP contribution in [0.2, 0.25) is 5.02 Å². The lowest BCUT2D eigenvalue weighted by molar-refractivity contribution is -0.126. The molecule has 0 atom stereocenters. The van der Waals surface area contributed by atoms with E-state index in [2.05, 4.69) is 5.32 Å². The molecule has 0 aliphatic carbocycles. The van der Waals surface area contributed by atoms with Crippen molar-refractivity contribution in [2.45, 2.75) is 23.5 Å². The van der Waals surface area contributed by atoms with Crippen LogP contribution >= 0.6 is 11.6 Å². The zero-order valence-electron chi connectivity index (χ0n) is 19.7. The average molecular weight is 544 g/mol. The molecule has 3 rings (SSSR count). The Morgan fingerprint density at radius 3 is 2.29 bits per heavy atom. The quantitative estimate of drug-likeness (QED) is 0.460. The molecule has 12 heteroatoms. The van der Waals surface area contributed by atoms with Crippen LogP contribution in [0.3, 0.4) is 0 Å². The molecular formula is C23H30ClN3O6S2. The van der Waals surface area contributed by atoms with Gasteiger partial charge in [0.2, 0.25) is 26.0 Å². The van der Waals surface area contributed by atoms with E-state index < -0.39 is 20.0 Å². The second-order valence-corrected chi connectivity index (χ2v) is 12.9. The summed E-state index contributed by atoms with van der Waals surface area (Å²) in [5, 5.41) is 3.24. The molecule has 1 fully saturated rings. The highest BCUT2D eigenvalue weighted by Gasteiger charge is 2.31. The van der Waals surface area contributed by atoms with Gasteiger partial charge in [-0.3, -0.25) is 4.79 Å². The number of benzene rings is 2. The van der Waals surface area contributed by atoms with Crippen molar-refractivity contribution in [2.24, 2.45) is 5.92 Å². The molecule has 1 heterocycles. The monoisotopic (exact) mass is 543 g/mol. The Bertz CT molecular complexity index is 1230. The van der Waals surface area contributed by atoms with Crippen molar-refractivity contribution >= 4 is 37.6 Å². The number of rotatable bonds is 10. The summed E-state index contributed by atoms with van der Waals surface area (Å²) in [7, 11) is -4.09. The highest BCUT2D eigenvalue weighted by atomic mass is 35.5. The fraction of sp³-hybridized carbons (Fsp3) is 0.435. The normalized spacial score (nSPS) is 15.8. The zero-order chi connectivity index (χ0) is 25.6. The van der Waals surface area contributed by atoms with Crippen LogP contribution in [-0.4, -0.2) is 71.7 Å². The summed E-state index contributed by atoms with van der Waals surface area (Å²) in [6, 6.07) is 12.9. The maximum Gasteiger partial charge on any atom is 0.242 e. The number of hydrogen-bond donors (Lipinski definition) is 1. The minimum absolute atomic E-state index is 0.135. The molecular weight excluding hydrogens is 514 g/mol. The van der Waals surface area contributed by atoms with Gasteiger partial charge in [-0.05, 0) is 48.7 Å². The summed E-state index contributed by atoms with van der Waals surface area (Å²) in [5.74, 6) is -0.0707. The second kappa shape index (κ2) is 11.7. The fourth-order valence-corrected chi connectivity index (χ4v) is 6.48. The van der Waals surface area contributed by atoms with Crippen LogP contribution in [0.1, 0.15) is 18.4 Å². The number of amides is 1. The molecule has 1 aliphatic rings. The number of hydrogen-bond acceptors (Lipinski definition) is 6. The average Bonchev–Trinajstić information content (AvgIpc) is 2.83. The van der Waals surface area contributed by atoms with Crippen LogP contribution in [0.15, 0.2) is 53.4 Å². The van der Waals surface area contributed by atoms with Crippen LogP contribution in [0.5, 0.6) is 5.75 Å². The van der Waals surface area contributed by atoms with E-state index in [-0.39, 0.29) is 48.7 Å². The SMILES string of the molecule is CN(C)S(=O)(=O)c1ccc(OCCNC(=O)C2CCN(S(=O)(=O)Cc3ccccc3Cl)CC2)cc1. The lowest BCUT2D eigenvalue weighted by atomic mass is 9.97. The Balaban J connectivity index is 1.41. The maximum atomic E-state index is 12.8. The fourth-order valence-electron chi connectivity index (χ4n) is 3.71. The summed E-state index contributed by atoms with van der Waals surface area (Å²) >= 11 is 6.10. The van der Waals surface area contributed by atoms with Gasteiger partial charge in [0, 0.05) is 38.1 Å². The smallest absolute Gasteiger partial charge is 0.242 e. The van der Waals surface area contributed by atoms with E-state index in [0.717, 1.165) is 4.31 Å². The van der Waals surface area contributed by atoms with Crippen molar-refractivity contribution in [2.75, 3.05) is 40.3 Å².